The van der Waals surface area contributed by atoms with E-state index in [0.717, 1.165) is 21.3 Å². The lowest BCUT2D eigenvalue weighted by Crippen LogP contribution is -2.01. The van der Waals surface area contributed by atoms with E-state index < -0.39 is 0 Å². The first-order chi connectivity index (χ1) is 9.28. The van der Waals surface area contributed by atoms with Gasteiger partial charge >= 0.3 is 0 Å². The van der Waals surface area contributed by atoms with Gasteiger partial charge in [0.1, 0.15) is 3.70 Å². The molecule has 0 aliphatic heterocycles. The SMILES string of the molecule is ClCc1ccc2c(c1)c(I)nn2Cc1ccccc1. The Labute approximate surface area is 130 Å². The molecule has 1 heterocycles. The molecule has 0 bridgehead atoms. The highest BCUT2D eigenvalue weighted by Gasteiger charge is 2.09. The smallest absolute Gasteiger partial charge is 0.131 e. The number of benzene rings is 2. The van der Waals surface area contributed by atoms with Crippen LogP contribution in [0.15, 0.2) is 48.5 Å². The highest BCUT2D eigenvalue weighted by molar-refractivity contribution is 14.1. The number of alkyl halides is 1. The summed E-state index contributed by atoms with van der Waals surface area (Å²) in [6.07, 6.45) is 0. The number of aromatic nitrogens is 2. The molecule has 3 rings (SSSR count). The van der Waals surface area contributed by atoms with E-state index in [1.807, 2.05) is 10.7 Å². The molecule has 0 aliphatic rings. The first-order valence-electron chi connectivity index (χ1n) is 6.03. The number of halogens is 2. The topological polar surface area (TPSA) is 17.8 Å². The van der Waals surface area contributed by atoms with Crippen molar-refractivity contribution in [2.24, 2.45) is 0 Å². The second-order valence-electron chi connectivity index (χ2n) is 4.42. The quantitative estimate of drug-likeness (QED) is 0.484. The summed E-state index contributed by atoms with van der Waals surface area (Å²) in [6, 6.07) is 16.7. The van der Waals surface area contributed by atoms with Crippen LogP contribution in [0.1, 0.15) is 11.1 Å². The number of rotatable bonds is 3. The molecule has 0 unspecified atom stereocenters. The molecule has 0 N–H and O–H groups in total. The molecule has 0 spiro atoms. The summed E-state index contributed by atoms with van der Waals surface area (Å²) in [4.78, 5) is 0. The minimum atomic E-state index is 0.538. The Bertz CT molecular complexity index is 707. The van der Waals surface area contributed by atoms with Crippen molar-refractivity contribution in [3.05, 3.63) is 63.4 Å². The molecular weight excluding hydrogens is 371 g/mol. The maximum Gasteiger partial charge on any atom is 0.131 e. The molecule has 3 aromatic rings. The van der Waals surface area contributed by atoms with Crippen molar-refractivity contribution in [3.63, 3.8) is 0 Å². The number of nitrogens with zero attached hydrogens (tertiary/aromatic N) is 2. The third kappa shape index (κ3) is 2.62. The summed E-state index contributed by atoms with van der Waals surface area (Å²) in [7, 11) is 0. The summed E-state index contributed by atoms with van der Waals surface area (Å²) >= 11 is 8.17. The standard InChI is InChI=1S/C15H12ClIN2/c16-9-12-6-7-14-13(8-12)15(17)18-19(14)10-11-4-2-1-3-5-11/h1-8H,9-10H2. The second-order valence-corrected chi connectivity index (χ2v) is 5.71. The fourth-order valence-electron chi connectivity index (χ4n) is 2.15. The van der Waals surface area contributed by atoms with Crippen molar-refractivity contribution in [2.45, 2.75) is 12.4 Å². The minimum Gasteiger partial charge on any atom is -0.259 e. The lowest BCUT2D eigenvalue weighted by atomic mass is 10.2. The van der Waals surface area contributed by atoms with E-state index in [9.17, 15) is 0 Å². The molecule has 0 amide bonds. The molecule has 2 nitrogen and oxygen atoms in total. The Kier molecular flexibility index (Phi) is 3.75. The van der Waals surface area contributed by atoms with Gasteiger partial charge < -0.3 is 0 Å². The molecule has 0 saturated carbocycles. The molecular formula is C15H12ClIN2. The number of hydrogen-bond acceptors (Lipinski definition) is 1. The van der Waals surface area contributed by atoms with Crippen LogP contribution in [-0.2, 0) is 12.4 Å². The monoisotopic (exact) mass is 382 g/mol. The Morgan fingerprint density at radius 2 is 1.84 bits per heavy atom. The Morgan fingerprint density at radius 3 is 2.58 bits per heavy atom. The van der Waals surface area contributed by atoms with Crippen LogP contribution < -0.4 is 0 Å². The highest BCUT2D eigenvalue weighted by Crippen LogP contribution is 2.23. The maximum absolute atomic E-state index is 5.89. The highest BCUT2D eigenvalue weighted by atomic mass is 127. The van der Waals surface area contributed by atoms with Crippen molar-refractivity contribution in [1.29, 1.82) is 0 Å². The van der Waals surface area contributed by atoms with E-state index >= 15 is 0 Å². The third-order valence-corrected chi connectivity index (χ3v) is 4.20. The average molecular weight is 383 g/mol. The second kappa shape index (κ2) is 5.51. The first-order valence-corrected chi connectivity index (χ1v) is 7.64. The van der Waals surface area contributed by atoms with Crippen LogP contribution in [0.4, 0.5) is 0 Å². The molecule has 0 fully saturated rings. The lowest BCUT2D eigenvalue weighted by Gasteiger charge is -2.04. The van der Waals surface area contributed by atoms with Gasteiger partial charge in [-0.3, -0.25) is 4.68 Å². The molecule has 1 aromatic heterocycles. The van der Waals surface area contributed by atoms with Crippen molar-refractivity contribution >= 4 is 45.1 Å². The third-order valence-electron chi connectivity index (χ3n) is 3.10. The summed E-state index contributed by atoms with van der Waals surface area (Å²) in [5.41, 5.74) is 3.54. The van der Waals surface area contributed by atoms with Crippen LogP contribution in [0.5, 0.6) is 0 Å². The van der Waals surface area contributed by atoms with Gasteiger partial charge in [-0.1, -0.05) is 36.4 Å². The molecule has 0 atom stereocenters. The lowest BCUT2D eigenvalue weighted by molar-refractivity contribution is 0.705. The average Bonchev–Trinajstić information content (AvgIpc) is 2.76. The predicted molar refractivity (Wildman–Crippen MR) is 87.6 cm³/mol. The normalized spacial score (nSPS) is 11.1. The van der Waals surface area contributed by atoms with E-state index in [2.05, 4.69) is 70.2 Å². The molecule has 0 radical (unpaired) electrons. The number of fused-ring (bicyclic) bond motifs is 1. The van der Waals surface area contributed by atoms with Gasteiger partial charge in [0.15, 0.2) is 0 Å². The summed E-state index contributed by atoms with van der Waals surface area (Å²) in [6.45, 7) is 0.792. The zero-order valence-electron chi connectivity index (χ0n) is 10.2. The van der Waals surface area contributed by atoms with Gasteiger partial charge in [0.05, 0.1) is 12.1 Å². The largest absolute Gasteiger partial charge is 0.259 e. The predicted octanol–water partition coefficient (Wildman–Crippen LogP) is 4.43. The molecule has 2 aromatic carbocycles. The van der Waals surface area contributed by atoms with Crippen LogP contribution in [-0.4, -0.2) is 9.78 Å². The van der Waals surface area contributed by atoms with Gasteiger partial charge in [-0.15, -0.1) is 11.6 Å². The van der Waals surface area contributed by atoms with Crippen molar-refractivity contribution in [1.82, 2.24) is 9.78 Å². The van der Waals surface area contributed by atoms with Gasteiger partial charge in [-0.25, -0.2) is 0 Å². The summed E-state index contributed by atoms with van der Waals surface area (Å²) in [5.74, 6) is 0.538. The van der Waals surface area contributed by atoms with E-state index in [4.69, 9.17) is 11.6 Å². The molecule has 19 heavy (non-hydrogen) atoms. The van der Waals surface area contributed by atoms with Crippen molar-refractivity contribution < 1.29 is 0 Å². The fourth-order valence-corrected chi connectivity index (χ4v) is 3.01. The van der Waals surface area contributed by atoms with E-state index in [1.165, 1.54) is 10.9 Å². The molecule has 0 saturated heterocycles. The Hall–Kier alpha value is -1.07. The summed E-state index contributed by atoms with van der Waals surface area (Å²) in [5, 5.41) is 5.80. The summed E-state index contributed by atoms with van der Waals surface area (Å²) < 4.78 is 3.07. The van der Waals surface area contributed by atoms with Crippen LogP contribution in [0.3, 0.4) is 0 Å². The van der Waals surface area contributed by atoms with E-state index in [1.54, 1.807) is 0 Å². The van der Waals surface area contributed by atoms with E-state index in [0.29, 0.717) is 5.88 Å². The van der Waals surface area contributed by atoms with Gasteiger partial charge in [0.25, 0.3) is 0 Å². The minimum absolute atomic E-state index is 0.538. The first kappa shape index (κ1) is 12.9. The van der Waals surface area contributed by atoms with Crippen LogP contribution >= 0.6 is 34.2 Å². The van der Waals surface area contributed by atoms with Gasteiger partial charge in [0, 0.05) is 11.3 Å². The zero-order valence-corrected chi connectivity index (χ0v) is 13.1. The van der Waals surface area contributed by atoms with E-state index in [-0.39, 0.29) is 0 Å². The Balaban J connectivity index is 2.05. The number of hydrogen-bond donors (Lipinski definition) is 0. The fraction of sp³-hybridized carbons (Fsp3) is 0.133. The zero-order chi connectivity index (χ0) is 13.2. The van der Waals surface area contributed by atoms with Crippen LogP contribution in [0, 0.1) is 3.70 Å². The molecule has 96 valence electrons. The molecule has 4 heteroatoms. The Morgan fingerprint density at radius 1 is 1.05 bits per heavy atom. The molecule has 0 aliphatic carbocycles. The maximum atomic E-state index is 5.89. The van der Waals surface area contributed by atoms with Gasteiger partial charge in [0.2, 0.25) is 0 Å². The van der Waals surface area contributed by atoms with Crippen molar-refractivity contribution in [3.8, 4) is 0 Å². The van der Waals surface area contributed by atoms with Crippen LogP contribution in [0.2, 0.25) is 0 Å². The van der Waals surface area contributed by atoms with Crippen LogP contribution in [0.25, 0.3) is 10.9 Å². The van der Waals surface area contributed by atoms with Gasteiger partial charge in [-0.05, 0) is 45.9 Å². The van der Waals surface area contributed by atoms with Crippen molar-refractivity contribution in [2.75, 3.05) is 0 Å². The van der Waals surface area contributed by atoms with Gasteiger partial charge in [-0.2, -0.15) is 5.10 Å².